The maximum atomic E-state index is 14.2. The fraction of sp³-hybridized carbons (Fsp3) is 0.227. The Labute approximate surface area is 179 Å². The lowest BCUT2D eigenvalue weighted by molar-refractivity contribution is 0.0600. The molecule has 31 heavy (non-hydrogen) atoms. The molecule has 9 heteroatoms. The summed E-state index contributed by atoms with van der Waals surface area (Å²) >= 11 is 0. The zero-order chi connectivity index (χ0) is 21.6. The Morgan fingerprint density at radius 1 is 1.03 bits per heavy atom. The average molecular weight is 423 g/mol. The standard InChI is InChI=1S/C22H22FN5O3/c1-30-21(29)15-2-4-16(5-3-15)25-20-19(23)14-24-22(27-20)26-17-6-8-18(9-7-17)28-10-12-31-13-11-28/h2-9,14H,10-13H2,1H3,(H2,24,25,26,27). The predicted molar refractivity (Wildman–Crippen MR) is 116 cm³/mol. The predicted octanol–water partition coefficient (Wildman–Crippen LogP) is 3.73. The second kappa shape index (κ2) is 9.40. The number of esters is 1. The zero-order valence-electron chi connectivity index (χ0n) is 17.0. The molecule has 3 aromatic rings. The van der Waals surface area contributed by atoms with E-state index in [2.05, 4.69) is 30.2 Å². The van der Waals surface area contributed by atoms with Gasteiger partial charge in [0.25, 0.3) is 0 Å². The number of carbonyl (C=O) groups is 1. The molecule has 1 fully saturated rings. The first kappa shape index (κ1) is 20.5. The lowest BCUT2D eigenvalue weighted by Gasteiger charge is -2.28. The van der Waals surface area contributed by atoms with E-state index >= 15 is 0 Å². The van der Waals surface area contributed by atoms with Gasteiger partial charge in [-0.15, -0.1) is 0 Å². The first-order chi connectivity index (χ1) is 15.1. The van der Waals surface area contributed by atoms with Crippen molar-refractivity contribution in [1.29, 1.82) is 0 Å². The molecule has 1 aromatic heterocycles. The Kier molecular flexibility index (Phi) is 6.23. The molecule has 0 unspecified atom stereocenters. The maximum absolute atomic E-state index is 14.2. The van der Waals surface area contributed by atoms with Crippen LogP contribution in [0.15, 0.2) is 54.7 Å². The third-order valence-corrected chi connectivity index (χ3v) is 4.81. The maximum Gasteiger partial charge on any atom is 0.337 e. The topological polar surface area (TPSA) is 88.6 Å². The van der Waals surface area contributed by atoms with Gasteiger partial charge in [-0.2, -0.15) is 4.98 Å². The van der Waals surface area contributed by atoms with Crippen LogP contribution < -0.4 is 15.5 Å². The lowest BCUT2D eigenvalue weighted by Crippen LogP contribution is -2.36. The number of ether oxygens (including phenoxy) is 2. The zero-order valence-corrected chi connectivity index (χ0v) is 17.0. The van der Waals surface area contributed by atoms with E-state index in [1.165, 1.54) is 7.11 Å². The van der Waals surface area contributed by atoms with Gasteiger partial charge in [0.05, 0.1) is 32.1 Å². The quantitative estimate of drug-likeness (QED) is 0.580. The van der Waals surface area contributed by atoms with Crippen molar-refractivity contribution in [1.82, 2.24) is 9.97 Å². The summed E-state index contributed by atoms with van der Waals surface area (Å²) in [4.78, 5) is 22.0. The van der Waals surface area contributed by atoms with E-state index in [-0.39, 0.29) is 11.8 Å². The highest BCUT2D eigenvalue weighted by Gasteiger charge is 2.12. The number of halogens is 1. The summed E-state index contributed by atoms with van der Waals surface area (Å²) in [5.41, 5.74) is 2.88. The minimum atomic E-state index is -0.592. The molecule has 1 aliphatic rings. The van der Waals surface area contributed by atoms with Crippen LogP contribution in [0, 0.1) is 5.82 Å². The van der Waals surface area contributed by atoms with Gasteiger partial charge in [-0.05, 0) is 48.5 Å². The molecule has 2 heterocycles. The van der Waals surface area contributed by atoms with E-state index in [9.17, 15) is 9.18 Å². The average Bonchev–Trinajstić information content (AvgIpc) is 2.82. The monoisotopic (exact) mass is 423 g/mol. The minimum absolute atomic E-state index is 0.0215. The summed E-state index contributed by atoms with van der Waals surface area (Å²) in [6.45, 7) is 3.18. The normalized spacial score (nSPS) is 13.5. The molecule has 160 valence electrons. The van der Waals surface area contributed by atoms with Crippen LogP contribution in [-0.4, -0.2) is 49.4 Å². The number of nitrogens with one attached hydrogen (secondary N) is 2. The highest BCUT2D eigenvalue weighted by atomic mass is 19.1. The number of morpholine rings is 1. The summed E-state index contributed by atoms with van der Waals surface area (Å²) in [6.07, 6.45) is 1.10. The summed E-state index contributed by atoms with van der Waals surface area (Å²) < 4.78 is 24.3. The van der Waals surface area contributed by atoms with Crippen molar-refractivity contribution in [3.8, 4) is 0 Å². The van der Waals surface area contributed by atoms with Crippen LogP contribution >= 0.6 is 0 Å². The molecule has 0 saturated carbocycles. The minimum Gasteiger partial charge on any atom is -0.465 e. The van der Waals surface area contributed by atoms with Crippen molar-refractivity contribution in [2.75, 3.05) is 48.9 Å². The van der Waals surface area contributed by atoms with Crippen LogP contribution in [0.25, 0.3) is 0 Å². The van der Waals surface area contributed by atoms with E-state index in [1.807, 2.05) is 24.3 Å². The molecular weight excluding hydrogens is 401 g/mol. The summed E-state index contributed by atoms with van der Waals surface area (Å²) in [6, 6.07) is 14.3. The van der Waals surface area contributed by atoms with E-state index in [4.69, 9.17) is 4.74 Å². The number of aromatic nitrogens is 2. The highest BCUT2D eigenvalue weighted by molar-refractivity contribution is 5.89. The fourth-order valence-corrected chi connectivity index (χ4v) is 3.17. The number of benzene rings is 2. The highest BCUT2D eigenvalue weighted by Crippen LogP contribution is 2.23. The Balaban J connectivity index is 1.44. The fourth-order valence-electron chi connectivity index (χ4n) is 3.17. The number of nitrogens with zero attached hydrogens (tertiary/aromatic N) is 3. The third-order valence-electron chi connectivity index (χ3n) is 4.81. The van der Waals surface area contributed by atoms with E-state index in [0.29, 0.717) is 11.3 Å². The van der Waals surface area contributed by atoms with Gasteiger partial charge >= 0.3 is 5.97 Å². The molecule has 0 atom stereocenters. The van der Waals surface area contributed by atoms with Crippen LogP contribution in [0.1, 0.15) is 10.4 Å². The van der Waals surface area contributed by atoms with E-state index < -0.39 is 11.8 Å². The molecule has 4 rings (SSSR count). The molecule has 8 nitrogen and oxygen atoms in total. The van der Waals surface area contributed by atoms with Crippen molar-refractivity contribution < 1.29 is 18.7 Å². The van der Waals surface area contributed by atoms with Crippen LogP contribution in [-0.2, 0) is 9.47 Å². The van der Waals surface area contributed by atoms with Crippen molar-refractivity contribution in [3.05, 3.63) is 66.1 Å². The number of methoxy groups -OCH3 is 1. The number of rotatable bonds is 6. The third kappa shape index (κ3) is 5.07. The number of anilines is 5. The molecule has 0 amide bonds. The molecule has 2 N–H and O–H groups in total. The van der Waals surface area contributed by atoms with Gasteiger partial charge in [0.15, 0.2) is 11.6 Å². The largest absolute Gasteiger partial charge is 0.465 e. The number of carbonyl (C=O) groups excluding carboxylic acids is 1. The van der Waals surface area contributed by atoms with E-state index in [1.54, 1.807) is 24.3 Å². The van der Waals surface area contributed by atoms with Gasteiger partial charge in [0.1, 0.15) is 0 Å². The molecule has 0 aliphatic carbocycles. The Bertz CT molecular complexity index is 1040. The molecule has 1 saturated heterocycles. The summed E-state index contributed by atoms with van der Waals surface area (Å²) in [7, 11) is 1.31. The van der Waals surface area contributed by atoms with Gasteiger partial charge < -0.3 is 25.0 Å². The van der Waals surface area contributed by atoms with Crippen LogP contribution in [0.5, 0.6) is 0 Å². The van der Waals surface area contributed by atoms with Crippen LogP contribution in [0.4, 0.5) is 33.2 Å². The van der Waals surface area contributed by atoms with Crippen molar-refractivity contribution in [3.63, 3.8) is 0 Å². The smallest absolute Gasteiger partial charge is 0.337 e. The molecule has 0 radical (unpaired) electrons. The van der Waals surface area contributed by atoms with Crippen molar-refractivity contribution in [2.45, 2.75) is 0 Å². The van der Waals surface area contributed by atoms with Crippen LogP contribution in [0.3, 0.4) is 0 Å². The van der Waals surface area contributed by atoms with E-state index in [0.717, 1.165) is 43.9 Å². The van der Waals surface area contributed by atoms with Gasteiger partial charge in [-0.1, -0.05) is 0 Å². The number of hydrogen-bond donors (Lipinski definition) is 2. The lowest BCUT2D eigenvalue weighted by atomic mass is 10.2. The van der Waals surface area contributed by atoms with Crippen LogP contribution in [0.2, 0.25) is 0 Å². The second-order valence-electron chi connectivity index (χ2n) is 6.86. The van der Waals surface area contributed by atoms with Gasteiger partial charge in [-0.3, -0.25) is 0 Å². The van der Waals surface area contributed by atoms with Crippen molar-refractivity contribution in [2.24, 2.45) is 0 Å². The van der Waals surface area contributed by atoms with Gasteiger partial charge in [-0.25, -0.2) is 14.2 Å². The van der Waals surface area contributed by atoms with Crippen molar-refractivity contribution >= 4 is 34.8 Å². The molecule has 2 aromatic carbocycles. The Morgan fingerprint density at radius 2 is 1.68 bits per heavy atom. The molecule has 0 spiro atoms. The molecule has 0 bridgehead atoms. The first-order valence-electron chi connectivity index (χ1n) is 9.80. The van der Waals surface area contributed by atoms with Gasteiger partial charge in [0.2, 0.25) is 5.95 Å². The number of hydrogen-bond acceptors (Lipinski definition) is 8. The molecule has 1 aliphatic heterocycles. The SMILES string of the molecule is COC(=O)c1ccc(Nc2nc(Nc3ccc(N4CCOCC4)cc3)ncc2F)cc1. The van der Waals surface area contributed by atoms with Gasteiger partial charge in [0, 0.05) is 30.2 Å². The Morgan fingerprint density at radius 3 is 2.35 bits per heavy atom. The second-order valence-corrected chi connectivity index (χ2v) is 6.86. The summed E-state index contributed by atoms with van der Waals surface area (Å²) in [5, 5.41) is 5.98. The first-order valence-corrected chi connectivity index (χ1v) is 9.80. The summed E-state index contributed by atoms with van der Waals surface area (Å²) in [5.74, 6) is -0.751. The molecular formula is C22H22FN5O3. The Hall–Kier alpha value is -3.72.